The summed E-state index contributed by atoms with van der Waals surface area (Å²) in [6, 6.07) is 3.59. The molecule has 2 rings (SSSR count). The first-order chi connectivity index (χ1) is 9.82. The Morgan fingerprint density at radius 3 is 2.71 bits per heavy atom. The number of carbonyl (C=O) groups excluding carboxylic acids is 1. The molecule has 2 unspecified atom stereocenters. The van der Waals surface area contributed by atoms with Crippen LogP contribution in [0.2, 0.25) is 0 Å². The number of anilines is 1. The zero-order valence-corrected chi connectivity index (χ0v) is 11.5. The van der Waals surface area contributed by atoms with E-state index in [1.807, 2.05) is 6.92 Å². The average Bonchev–Trinajstić information content (AvgIpc) is 2.84. The molecule has 0 saturated carbocycles. The molecule has 0 aliphatic carbocycles. The third-order valence-electron chi connectivity index (χ3n) is 3.55. The van der Waals surface area contributed by atoms with Gasteiger partial charge in [0.15, 0.2) is 0 Å². The standard InChI is InChI=1S/C14H17F3N2O2/c1-8-4-5-21-12(8)13(20)19-10-3-2-9(7-18)11(6-10)14(15,16)17/h2-3,6,8,12H,4-5,7,18H2,1H3,(H,19,20). The molecule has 7 heteroatoms. The number of benzene rings is 1. The van der Waals surface area contributed by atoms with E-state index in [1.165, 1.54) is 12.1 Å². The maximum atomic E-state index is 12.9. The van der Waals surface area contributed by atoms with E-state index in [0.29, 0.717) is 6.61 Å². The molecule has 3 N–H and O–H groups in total. The molecule has 2 atom stereocenters. The highest BCUT2D eigenvalue weighted by Gasteiger charge is 2.34. The van der Waals surface area contributed by atoms with Crippen LogP contribution in [0.5, 0.6) is 0 Å². The van der Waals surface area contributed by atoms with Crippen LogP contribution in [0.15, 0.2) is 18.2 Å². The van der Waals surface area contributed by atoms with Crippen molar-refractivity contribution >= 4 is 11.6 Å². The lowest BCUT2D eigenvalue weighted by molar-refractivity contribution is -0.138. The summed E-state index contributed by atoms with van der Waals surface area (Å²) in [7, 11) is 0. The Bertz CT molecular complexity index is 531. The zero-order chi connectivity index (χ0) is 15.6. The first-order valence-corrected chi connectivity index (χ1v) is 6.65. The number of nitrogens with one attached hydrogen (secondary N) is 1. The maximum Gasteiger partial charge on any atom is 0.416 e. The molecule has 4 nitrogen and oxygen atoms in total. The first-order valence-electron chi connectivity index (χ1n) is 6.65. The molecule has 0 spiro atoms. The third kappa shape index (κ3) is 3.54. The summed E-state index contributed by atoms with van der Waals surface area (Å²) >= 11 is 0. The molecule has 1 amide bonds. The number of carbonyl (C=O) groups is 1. The predicted molar refractivity (Wildman–Crippen MR) is 71.5 cm³/mol. The third-order valence-corrected chi connectivity index (χ3v) is 3.55. The van der Waals surface area contributed by atoms with Crippen LogP contribution in [0, 0.1) is 5.92 Å². The van der Waals surface area contributed by atoms with Crippen molar-refractivity contribution in [1.29, 1.82) is 0 Å². The largest absolute Gasteiger partial charge is 0.416 e. The van der Waals surface area contributed by atoms with Gasteiger partial charge in [-0.05, 0) is 30.0 Å². The molecular formula is C14H17F3N2O2. The smallest absolute Gasteiger partial charge is 0.368 e. The molecule has 1 aromatic carbocycles. The van der Waals surface area contributed by atoms with Crippen LogP contribution in [0.4, 0.5) is 18.9 Å². The monoisotopic (exact) mass is 302 g/mol. The second kappa shape index (κ2) is 6.03. The lowest BCUT2D eigenvalue weighted by Crippen LogP contribution is -2.31. The molecule has 21 heavy (non-hydrogen) atoms. The van der Waals surface area contributed by atoms with E-state index < -0.39 is 23.8 Å². The minimum atomic E-state index is -4.51. The van der Waals surface area contributed by atoms with Crippen LogP contribution in [-0.4, -0.2) is 18.6 Å². The SMILES string of the molecule is CC1CCOC1C(=O)Nc1ccc(CN)c(C(F)(F)F)c1. The predicted octanol–water partition coefficient (Wildman–Crippen LogP) is 2.53. The van der Waals surface area contributed by atoms with Gasteiger partial charge in [0.2, 0.25) is 0 Å². The minimum Gasteiger partial charge on any atom is -0.368 e. The molecule has 1 saturated heterocycles. The van der Waals surface area contributed by atoms with Gasteiger partial charge in [0.05, 0.1) is 5.56 Å². The summed E-state index contributed by atoms with van der Waals surface area (Å²) in [6.07, 6.45) is -4.36. The normalized spacial score (nSPS) is 22.3. The van der Waals surface area contributed by atoms with Crippen molar-refractivity contribution in [2.75, 3.05) is 11.9 Å². The molecular weight excluding hydrogens is 285 g/mol. The Kier molecular flexibility index (Phi) is 4.53. The van der Waals surface area contributed by atoms with Crippen molar-refractivity contribution in [3.8, 4) is 0 Å². The van der Waals surface area contributed by atoms with Gasteiger partial charge in [-0.1, -0.05) is 13.0 Å². The summed E-state index contributed by atoms with van der Waals surface area (Å²) in [5, 5.41) is 2.47. The molecule has 116 valence electrons. The van der Waals surface area contributed by atoms with Crippen LogP contribution in [0.25, 0.3) is 0 Å². The van der Waals surface area contributed by atoms with Crippen LogP contribution >= 0.6 is 0 Å². The molecule has 1 fully saturated rings. The fourth-order valence-electron chi connectivity index (χ4n) is 2.34. The van der Waals surface area contributed by atoms with Crippen molar-refractivity contribution in [3.05, 3.63) is 29.3 Å². The van der Waals surface area contributed by atoms with E-state index in [1.54, 1.807) is 0 Å². The van der Waals surface area contributed by atoms with E-state index in [-0.39, 0.29) is 23.7 Å². The van der Waals surface area contributed by atoms with Gasteiger partial charge in [-0.25, -0.2) is 0 Å². The van der Waals surface area contributed by atoms with Gasteiger partial charge < -0.3 is 15.8 Å². The van der Waals surface area contributed by atoms with E-state index in [9.17, 15) is 18.0 Å². The number of halogens is 3. The van der Waals surface area contributed by atoms with Crippen molar-refractivity contribution < 1.29 is 22.7 Å². The van der Waals surface area contributed by atoms with Gasteiger partial charge in [-0.2, -0.15) is 13.2 Å². The Hall–Kier alpha value is -1.60. The van der Waals surface area contributed by atoms with E-state index in [0.717, 1.165) is 12.5 Å². The highest BCUT2D eigenvalue weighted by atomic mass is 19.4. The lowest BCUT2D eigenvalue weighted by atomic mass is 10.0. The molecule has 0 radical (unpaired) electrons. The lowest BCUT2D eigenvalue weighted by Gasteiger charge is -2.17. The first kappa shape index (κ1) is 15.8. The van der Waals surface area contributed by atoms with Crippen LogP contribution < -0.4 is 11.1 Å². The zero-order valence-electron chi connectivity index (χ0n) is 11.5. The van der Waals surface area contributed by atoms with E-state index in [2.05, 4.69) is 5.32 Å². The summed E-state index contributed by atoms with van der Waals surface area (Å²) in [6.45, 7) is 2.14. The average molecular weight is 302 g/mol. The Morgan fingerprint density at radius 1 is 1.48 bits per heavy atom. The van der Waals surface area contributed by atoms with Crippen LogP contribution in [0.1, 0.15) is 24.5 Å². The van der Waals surface area contributed by atoms with Gasteiger partial charge in [-0.3, -0.25) is 4.79 Å². The van der Waals surface area contributed by atoms with Crippen molar-refractivity contribution in [2.45, 2.75) is 32.2 Å². The van der Waals surface area contributed by atoms with E-state index in [4.69, 9.17) is 10.5 Å². The molecule has 1 aliphatic heterocycles. The fourth-order valence-corrected chi connectivity index (χ4v) is 2.34. The summed E-state index contributed by atoms with van der Waals surface area (Å²) in [5.41, 5.74) is 4.56. The summed E-state index contributed by atoms with van der Waals surface area (Å²) < 4.78 is 44.1. The van der Waals surface area contributed by atoms with Gasteiger partial charge >= 0.3 is 6.18 Å². The highest BCUT2D eigenvalue weighted by Crippen LogP contribution is 2.34. The molecule has 0 bridgehead atoms. The number of ether oxygens (including phenoxy) is 1. The van der Waals surface area contributed by atoms with Crippen LogP contribution in [0.3, 0.4) is 0 Å². The molecule has 1 aliphatic rings. The Labute approximate surface area is 120 Å². The van der Waals surface area contributed by atoms with Gasteiger partial charge in [-0.15, -0.1) is 0 Å². The quantitative estimate of drug-likeness (QED) is 0.902. The van der Waals surface area contributed by atoms with Gasteiger partial charge in [0.25, 0.3) is 5.91 Å². The number of rotatable bonds is 3. The maximum absolute atomic E-state index is 12.9. The molecule has 0 aromatic heterocycles. The summed E-state index contributed by atoms with van der Waals surface area (Å²) in [5.74, 6) is -0.371. The van der Waals surface area contributed by atoms with Gasteiger partial charge in [0.1, 0.15) is 6.10 Å². The number of amides is 1. The molecule has 1 heterocycles. The molecule has 1 aromatic rings. The van der Waals surface area contributed by atoms with Crippen LogP contribution in [-0.2, 0) is 22.3 Å². The minimum absolute atomic E-state index is 0.00835. The number of alkyl halides is 3. The number of hydrogen-bond donors (Lipinski definition) is 2. The Morgan fingerprint density at radius 2 is 2.19 bits per heavy atom. The fraction of sp³-hybridized carbons (Fsp3) is 0.500. The number of nitrogens with two attached hydrogens (primary N) is 1. The van der Waals surface area contributed by atoms with Crippen molar-refractivity contribution in [1.82, 2.24) is 0 Å². The Balaban J connectivity index is 2.19. The van der Waals surface area contributed by atoms with Crippen molar-refractivity contribution in [2.24, 2.45) is 11.7 Å². The second-order valence-corrected chi connectivity index (χ2v) is 5.12. The van der Waals surface area contributed by atoms with Gasteiger partial charge in [0, 0.05) is 18.8 Å². The second-order valence-electron chi connectivity index (χ2n) is 5.12. The van der Waals surface area contributed by atoms with E-state index >= 15 is 0 Å². The topological polar surface area (TPSA) is 64.3 Å². The highest BCUT2D eigenvalue weighted by molar-refractivity contribution is 5.94. The van der Waals surface area contributed by atoms with Crippen molar-refractivity contribution in [3.63, 3.8) is 0 Å². The number of hydrogen-bond acceptors (Lipinski definition) is 3. The summed E-state index contributed by atoms with van der Waals surface area (Å²) in [4.78, 5) is 12.0.